The van der Waals surface area contributed by atoms with Crippen molar-refractivity contribution < 1.29 is 14.0 Å². The van der Waals surface area contributed by atoms with Gasteiger partial charge in [0.15, 0.2) is 0 Å². The van der Waals surface area contributed by atoms with Gasteiger partial charge >= 0.3 is 0 Å². The molecule has 2 aliphatic carbocycles. The van der Waals surface area contributed by atoms with Crippen LogP contribution in [0.5, 0.6) is 0 Å². The summed E-state index contributed by atoms with van der Waals surface area (Å²) in [6.45, 7) is 2.01. The molecule has 2 fully saturated rings. The summed E-state index contributed by atoms with van der Waals surface area (Å²) in [5.74, 6) is -0.502. The molecule has 2 N–H and O–H groups in total. The normalized spacial score (nSPS) is 24.1. The average molecular weight is 276 g/mol. The van der Waals surface area contributed by atoms with Crippen LogP contribution in [0.1, 0.15) is 36.5 Å². The quantitative estimate of drug-likeness (QED) is 0.886. The SMILES string of the molecule is C[C@H]1C[C@@H]1C(=O)Nc1ccc(F)cc1C(=O)NC1CC1. The standard InChI is InChI=1S/C15H17FN2O2/c1-8-6-11(8)14(19)18-13-5-2-9(16)7-12(13)15(20)17-10-3-4-10/h2,5,7-8,10-11H,3-4,6H2,1H3,(H,17,20)(H,18,19)/t8-,11-/m0/s1. The molecular weight excluding hydrogens is 259 g/mol. The number of halogens is 1. The molecule has 2 saturated carbocycles. The van der Waals surface area contributed by atoms with Crippen LogP contribution in [-0.2, 0) is 4.79 Å². The van der Waals surface area contributed by atoms with E-state index in [0.29, 0.717) is 11.6 Å². The fourth-order valence-electron chi connectivity index (χ4n) is 2.22. The molecule has 20 heavy (non-hydrogen) atoms. The monoisotopic (exact) mass is 276 g/mol. The zero-order chi connectivity index (χ0) is 14.3. The number of hydrogen-bond donors (Lipinski definition) is 2. The zero-order valence-corrected chi connectivity index (χ0v) is 11.3. The molecule has 3 rings (SSSR count). The van der Waals surface area contributed by atoms with Crippen molar-refractivity contribution in [1.82, 2.24) is 5.32 Å². The van der Waals surface area contributed by atoms with Crippen molar-refractivity contribution >= 4 is 17.5 Å². The molecule has 2 atom stereocenters. The van der Waals surface area contributed by atoms with Gasteiger partial charge in [-0.3, -0.25) is 9.59 Å². The van der Waals surface area contributed by atoms with Gasteiger partial charge in [-0.15, -0.1) is 0 Å². The summed E-state index contributed by atoms with van der Waals surface area (Å²) >= 11 is 0. The largest absolute Gasteiger partial charge is 0.349 e. The molecule has 0 aromatic heterocycles. The number of nitrogens with one attached hydrogen (secondary N) is 2. The van der Waals surface area contributed by atoms with E-state index in [1.165, 1.54) is 18.2 Å². The van der Waals surface area contributed by atoms with E-state index in [1.807, 2.05) is 6.92 Å². The predicted octanol–water partition coefficient (Wildman–Crippen LogP) is 2.31. The second-order valence-corrected chi connectivity index (χ2v) is 5.75. The van der Waals surface area contributed by atoms with Crippen molar-refractivity contribution in [3.63, 3.8) is 0 Å². The van der Waals surface area contributed by atoms with Crippen molar-refractivity contribution in [2.75, 3.05) is 5.32 Å². The van der Waals surface area contributed by atoms with E-state index in [0.717, 1.165) is 19.3 Å². The fourth-order valence-corrected chi connectivity index (χ4v) is 2.22. The van der Waals surface area contributed by atoms with Crippen LogP contribution in [0.2, 0.25) is 0 Å². The number of benzene rings is 1. The van der Waals surface area contributed by atoms with Crippen LogP contribution in [0.15, 0.2) is 18.2 Å². The third-order valence-corrected chi connectivity index (χ3v) is 3.84. The molecule has 5 heteroatoms. The Labute approximate surface area is 116 Å². The lowest BCUT2D eigenvalue weighted by molar-refractivity contribution is -0.117. The molecule has 0 bridgehead atoms. The lowest BCUT2D eigenvalue weighted by Gasteiger charge is -2.11. The topological polar surface area (TPSA) is 58.2 Å². The Bertz CT molecular complexity index is 569. The summed E-state index contributed by atoms with van der Waals surface area (Å²) in [5, 5.41) is 5.55. The summed E-state index contributed by atoms with van der Waals surface area (Å²) in [4.78, 5) is 24.0. The van der Waals surface area contributed by atoms with Gasteiger partial charge in [0.05, 0.1) is 11.3 Å². The Morgan fingerprint density at radius 2 is 2.00 bits per heavy atom. The molecule has 2 amide bonds. The highest BCUT2D eigenvalue weighted by Gasteiger charge is 2.39. The second kappa shape index (κ2) is 4.89. The first kappa shape index (κ1) is 13.1. The molecule has 0 spiro atoms. The molecule has 0 heterocycles. The fraction of sp³-hybridized carbons (Fsp3) is 0.467. The lowest BCUT2D eigenvalue weighted by atomic mass is 10.1. The molecule has 1 aromatic rings. The Hall–Kier alpha value is -1.91. The lowest BCUT2D eigenvalue weighted by Crippen LogP contribution is -2.27. The molecule has 106 valence electrons. The van der Waals surface area contributed by atoms with Crippen molar-refractivity contribution in [2.24, 2.45) is 11.8 Å². The predicted molar refractivity (Wildman–Crippen MR) is 72.8 cm³/mol. The van der Waals surface area contributed by atoms with E-state index in [9.17, 15) is 14.0 Å². The number of rotatable bonds is 4. The minimum atomic E-state index is -0.483. The van der Waals surface area contributed by atoms with E-state index in [2.05, 4.69) is 10.6 Å². The molecule has 0 radical (unpaired) electrons. The first-order valence-electron chi connectivity index (χ1n) is 6.96. The van der Waals surface area contributed by atoms with Crippen LogP contribution >= 0.6 is 0 Å². The highest BCUT2D eigenvalue weighted by molar-refractivity contribution is 6.04. The van der Waals surface area contributed by atoms with Crippen molar-refractivity contribution in [3.8, 4) is 0 Å². The molecule has 0 unspecified atom stereocenters. The van der Waals surface area contributed by atoms with Crippen molar-refractivity contribution in [3.05, 3.63) is 29.6 Å². The van der Waals surface area contributed by atoms with Gasteiger partial charge in [0.2, 0.25) is 5.91 Å². The number of amides is 2. The second-order valence-electron chi connectivity index (χ2n) is 5.75. The highest BCUT2D eigenvalue weighted by atomic mass is 19.1. The molecule has 0 saturated heterocycles. The van der Waals surface area contributed by atoms with E-state index < -0.39 is 5.82 Å². The van der Waals surface area contributed by atoms with E-state index in [4.69, 9.17) is 0 Å². The van der Waals surface area contributed by atoms with Gasteiger partial charge < -0.3 is 10.6 Å². The van der Waals surface area contributed by atoms with Gasteiger partial charge in [-0.2, -0.15) is 0 Å². The Morgan fingerprint density at radius 3 is 2.60 bits per heavy atom. The minimum Gasteiger partial charge on any atom is -0.349 e. The molecule has 0 aliphatic heterocycles. The van der Waals surface area contributed by atoms with Crippen LogP contribution < -0.4 is 10.6 Å². The summed E-state index contributed by atoms with van der Waals surface area (Å²) < 4.78 is 13.3. The third kappa shape index (κ3) is 2.81. The van der Waals surface area contributed by atoms with E-state index >= 15 is 0 Å². The smallest absolute Gasteiger partial charge is 0.253 e. The van der Waals surface area contributed by atoms with Gasteiger partial charge in [-0.25, -0.2) is 4.39 Å². The van der Waals surface area contributed by atoms with E-state index in [1.54, 1.807) is 0 Å². The first-order chi connectivity index (χ1) is 9.54. The zero-order valence-electron chi connectivity index (χ0n) is 11.3. The van der Waals surface area contributed by atoms with Gasteiger partial charge in [-0.05, 0) is 43.4 Å². The number of hydrogen-bond acceptors (Lipinski definition) is 2. The number of anilines is 1. The average Bonchev–Trinajstić information content (AvgIpc) is 3.29. The Kier molecular flexibility index (Phi) is 3.20. The number of carbonyl (C=O) groups excluding carboxylic acids is 2. The van der Waals surface area contributed by atoms with Crippen LogP contribution in [0.3, 0.4) is 0 Å². The summed E-state index contributed by atoms with van der Waals surface area (Å²) in [7, 11) is 0. The number of carbonyl (C=O) groups is 2. The summed E-state index contributed by atoms with van der Waals surface area (Å²) in [5.41, 5.74) is 0.576. The first-order valence-corrected chi connectivity index (χ1v) is 6.96. The maximum absolute atomic E-state index is 13.3. The maximum atomic E-state index is 13.3. The maximum Gasteiger partial charge on any atom is 0.253 e. The van der Waals surface area contributed by atoms with Crippen molar-refractivity contribution in [1.29, 1.82) is 0 Å². The summed E-state index contributed by atoms with van der Waals surface area (Å²) in [6, 6.07) is 4.06. The van der Waals surface area contributed by atoms with Crippen molar-refractivity contribution in [2.45, 2.75) is 32.2 Å². The van der Waals surface area contributed by atoms with Gasteiger partial charge in [0, 0.05) is 12.0 Å². The molecule has 1 aromatic carbocycles. The van der Waals surface area contributed by atoms with E-state index in [-0.39, 0.29) is 29.3 Å². The van der Waals surface area contributed by atoms with Crippen LogP contribution in [0.25, 0.3) is 0 Å². The Balaban J connectivity index is 1.77. The van der Waals surface area contributed by atoms with Crippen LogP contribution in [0, 0.1) is 17.7 Å². The highest BCUT2D eigenvalue weighted by Crippen LogP contribution is 2.38. The van der Waals surface area contributed by atoms with Crippen LogP contribution in [0.4, 0.5) is 10.1 Å². The molecular formula is C15H17FN2O2. The van der Waals surface area contributed by atoms with Gasteiger partial charge in [-0.1, -0.05) is 6.92 Å². The Morgan fingerprint density at radius 1 is 1.30 bits per heavy atom. The third-order valence-electron chi connectivity index (χ3n) is 3.84. The van der Waals surface area contributed by atoms with Crippen LogP contribution in [-0.4, -0.2) is 17.9 Å². The van der Waals surface area contributed by atoms with Gasteiger partial charge in [0.1, 0.15) is 5.82 Å². The molecule has 2 aliphatic rings. The molecule has 4 nitrogen and oxygen atoms in total. The minimum absolute atomic E-state index is 0.0133. The summed E-state index contributed by atoms with van der Waals surface area (Å²) in [6.07, 6.45) is 2.79. The van der Waals surface area contributed by atoms with Gasteiger partial charge in [0.25, 0.3) is 5.91 Å².